The molecule has 1 saturated heterocycles. The monoisotopic (exact) mass is 456 g/mol. The molecule has 0 atom stereocenters. The van der Waals surface area contributed by atoms with Crippen molar-refractivity contribution in [1.82, 2.24) is 4.90 Å². The molecule has 140 valence electrons. The number of thiocarbonyl (C=S) groups is 1. The van der Waals surface area contributed by atoms with Crippen LogP contribution in [0.1, 0.15) is 27.7 Å². The molecule has 0 spiro atoms. The van der Waals surface area contributed by atoms with Crippen molar-refractivity contribution in [3.05, 3.63) is 0 Å². The molecule has 0 aromatic rings. The molecule has 23 heavy (non-hydrogen) atoms. The second-order valence-electron chi connectivity index (χ2n) is 4.13. The van der Waals surface area contributed by atoms with Crippen LogP contribution >= 0.6 is 29.5 Å². The molecule has 1 aliphatic rings. The molecule has 1 aliphatic heterocycles. The highest BCUT2D eigenvalue weighted by atomic mass is 35.5. The summed E-state index contributed by atoms with van der Waals surface area (Å²) < 4.78 is 10.6. The minimum atomic E-state index is -2.28. The summed E-state index contributed by atoms with van der Waals surface area (Å²) in [6, 6.07) is 0. The molecule has 0 N–H and O–H groups in total. The molecule has 0 aromatic carbocycles. The van der Waals surface area contributed by atoms with Gasteiger partial charge in [-0.05, 0) is 38.6 Å². The van der Waals surface area contributed by atoms with Crippen LogP contribution in [0, 0.1) is 0 Å². The van der Waals surface area contributed by atoms with Crippen molar-refractivity contribution in [3.8, 4) is 0 Å². The highest BCUT2D eigenvalue weighted by Gasteiger charge is 2.32. The van der Waals surface area contributed by atoms with Crippen molar-refractivity contribution >= 4 is 81.4 Å². The van der Waals surface area contributed by atoms with Crippen LogP contribution in [0.3, 0.4) is 0 Å². The molecule has 1 rings (SSSR count). The number of rotatable bonds is 8. The van der Waals surface area contributed by atoms with Gasteiger partial charge in [-0.25, -0.2) is 0 Å². The Balaban J connectivity index is 0. The lowest BCUT2D eigenvalue weighted by Crippen LogP contribution is -2.26. The van der Waals surface area contributed by atoms with Gasteiger partial charge in [0.05, 0.1) is 11.6 Å². The van der Waals surface area contributed by atoms with Gasteiger partial charge < -0.3 is 51.0 Å². The fourth-order valence-corrected chi connectivity index (χ4v) is 5.45. The van der Waals surface area contributed by atoms with Crippen LogP contribution in [-0.4, -0.2) is 58.7 Å². The smallest absolute Gasteiger partial charge is 0.152 e. The van der Waals surface area contributed by atoms with Gasteiger partial charge in [-0.15, -0.1) is 11.6 Å². The molecule has 0 unspecified atom stereocenters. The lowest BCUT2D eigenvalue weighted by atomic mass is 10.6. The SMILES string of the molecule is CCN(CC)C(=S)[S-].CCOP(=S)([S-])OCC.ClCC[S+]1CC1. The van der Waals surface area contributed by atoms with Gasteiger partial charge in [0.15, 0.2) is 11.5 Å². The van der Waals surface area contributed by atoms with Gasteiger partial charge in [0, 0.05) is 26.3 Å². The van der Waals surface area contributed by atoms with E-state index in [4.69, 9.17) is 69.6 Å². The molecule has 0 radical (unpaired) electrons. The Morgan fingerprint density at radius 3 is 1.74 bits per heavy atom. The molecule has 1 heterocycles. The molecule has 10 heteroatoms. The van der Waals surface area contributed by atoms with Crippen molar-refractivity contribution in [1.29, 1.82) is 0 Å². The highest BCUT2D eigenvalue weighted by molar-refractivity contribution is 8.51. The molecule has 0 aliphatic carbocycles. The Hall–Kier alpha value is 1.67. The quantitative estimate of drug-likeness (QED) is 0.136. The Morgan fingerprint density at radius 1 is 1.17 bits per heavy atom. The first-order chi connectivity index (χ1) is 10.8. The zero-order valence-corrected chi connectivity index (χ0v) is 20.0. The largest absolute Gasteiger partial charge is 0.691 e. The molecule has 0 bridgehead atoms. The van der Waals surface area contributed by atoms with Crippen LogP contribution in [0.4, 0.5) is 0 Å². The van der Waals surface area contributed by atoms with Gasteiger partial charge in [-0.2, -0.15) is 0 Å². The van der Waals surface area contributed by atoms with Crippen LogP contribution in [0.5, 0.6) is 0 Å². The number of alkyl halides is 1. The lowest BCUT2D eigenvalue weighted by molar-refractivity contribution is 0.281. The molecule has 1 fully saturated rings. The fourth-order valence-electron chi connectivity index (χ4n) is 1.21. The predicted octanol–water partition coefficient (Wildman–Crippen LogP) is 3.85. The zero-order valence-electron chi connectivity index (χ0n) is 14.3. The molecular weight excluding hydrogens is 429 g/mol. The van der Waals surface area contributed by atoms with E-state index in [1.54, 1.807) is 0 Å². The molecule has 0 aromatic heterocycles. The third-order valence-corrected chi connectivity index (χ3v) is 7.57. The van der Waals surface area contributed by atoms with Gasteiger partial charge in [0.25, 0.3) is 0 Å². The predicted molar refractivity (Wildman–Crippen MR) is 120 cm³/mol. The Labute approximate surface area is 171 Å². The average molecular weight is 457 g/mol. The Morgan fingerprint density at radius 2 is 1.61 bits per heavy atom. The third kappa shape index (κ3) is 19.8. The van der Waals surface area contributed by atoms with Crippen molar-refractivity contribution in [2.75, 3.05) is 49.4 Å². The molecule has 0 saturated carbocycles. The summed E-state index contributed by atoms with van der Waals surface area (Å²) in [5, 5.41) is 0. The maximum absolute atomic E-state index is 5.44. The summed E-state index contributed by atoms with van der Waals surface area (Å²) in [5.74, 6) is 5.09. The van der Waals surface area contributed by atoms with Crippen LogP contribution in [0.15, 0.2) is 0 Å². The van der Waals surface area contributed by atoms with Crippen molar-refractivity contribution in [2.45, 2.75) is 27.7 Å². The van der Waals surface area contributed by atoms with E-state index in [-0.39, 0.29) is 0 Å². The Kier molecular flexibility index (Phi) is 20.0. The topological polar surface area (TPSA) is 21.7 Å². The van der Waals surface area contributed by atoms with E-state index in [0.717, 1.165) is 29.9 Å². The van der Waals surface area contributed by atoms with Crippen LogP contribution in [0.25, 0.3) is 0 Å². The van der Waals surface area contributed by atoms with E-state index in [1.807, 2.05) is 32.6 Å². The second kappa shape index (κ2) is 17.1. The molecule has 0 amide bonds. The Bertz CT molecular complexity index is 334. The maximum atomic E-state index is 5.44. The number of halogens is 1. The van der Waals surface area contributed by atoms with Gasteiger partial charge in [0.2, 0.25) is 0 Å². The average Bonchev–Trinajstić information content (AvgIpc) is 3.25. The normalized spacial score (nSPS) is 13.3. The van der Waals surface area contributed by atoms with Gasteiger partial charge in [0.1, 0.15) is 5.75 Å². The molecule has 3 nitrogen and oxygen atoms in total. The molecular formula is C13H28ClNO2PS5-. The summed E-state index contributed by atoms with van der Waals surface area (Å²) >= 11 is 24.6. The number of hydrogen-bond acceptors (Lipinski definition) is 6. The van der Waals surface area contributed by atoms with Crippen LogP contribution < -0.4 is 0 Å². The van der Waals surface area contributed by atoms with Crippen molar-refractivity contribution in [3.63, 3.8) is 0 Å². The van der Waals surface area contributed by atoms with E-state index in [0.29, 0.717) is 17.5 Å². The summed E-state index contributed by atoms with van der Waals surface area (Å²) in [6.07, 6.45) is 0. The van der Waals surface area contributed by atoms with Crippen LogP contribution in [-0.2, 0) is 56.6 Å². The van der Waals surface area contributed by atoms with Gasteiger partial charge in [-0.3, -0.25) is 0 Å². The summed E-state index contributed by atoms with van der Waals surface area (Å²) in [7, 11) is 0.802. The second-order valence-corrected chi connectivity index (χ2v) is 13.0. The maximum Gasteiger partial charge on any atom is 0.152 e. The first-order valence-electron chi connectivity index (χ1n) is 7.53. The van der Waals surface area contributed by atoms with Gasteiger partial charge >= 0.3 is 0 Å². The number of nitrogens with zero attached hydrogens (tertiary/aromatic N) is 1. The van der Waals surface area contributed by atoms with E-state index in [2.05, 4.69) is 0 Å². The van der Waals surface area contributed by atoms with Crippen molar-refractivity contribution < 1.29 is 9.05 Å². The first-order valence-corrected chi connectivity index (χ1v) is 14.3. The fraction of sp³-hybridized carbons (Fsp3) is 0.923. The lowest BCUT2D eigenvalue weighted by Gasteiger charge is -2.26. The van der Waals surface area contributed by atoms with E-state index in [1.165, 1.54) is 17.3 Å². The minimum Gasteiger partial charge on any atom is -0.691 e. The minimum absolute atomic E-state index is 0.542. The zero-order chi connectivity index (χ0) is 18.3. The van der Waals surface area contributed by atoms with E-state index in [9.17, 15) is 0 Å². The standard InChI is InChI=1S/C5H11NS2.C4H8ClS.C4H11O2PS2/c1-3-6(4-2)5(7)8;5-1-2-6-3-4-6;1-3-5-7(8,9)6-4-2/h3-4H2,1-2H3,(H,7,8);1-4H2;3-4H2,1-2H3,(H,8,9)/q;+1;/p-2. The van der Waals surface area contributed by atoms with Crippen LogP contribution in [0.2, 0.25) is 0 Å². The number of hydrogen-bond donors (Lipinski definition) is 0. The summed E-state index contributed by atoms with van der Waals surface area (Å²) in [4.78, 5) is 1.96. The van der Waals surface area contributed by atoms with Crippen molar-refractivity contribution in [2.24, 2.45) is 0 Å². The first kappa shape index (κ1) is 26.9. The highest BCUT2D eigenvalue weighted by Crippen LogP contribution is 2.45. The van der Waals surface area contributed by atoms with E-state index >= 15 is 0 Å². The summed E-state index contributed by atoms with van der Waals surface area (Å²) in [5.41, 5.74) is -2.28. The van der Waals surface area contributed by atoms with E-state index < -0.39 is 5.69 Å². The third-order valence-electron chi connectivity index (χ3n) is 2.45. The van der Waals surface area contributed by atoms with Gasteiger partial charge in [-0.1, -0.05) is 16.1 Å². The summed E-state index contributed by atoms with van der Waals surface area (Å²) in [6.45, 7) is 10.7.